The molecule has 0 spiro atoms. The summed E-state index contributed by atoms with van der Waals surface area (Å²) in [6.45, 7) is 0. The Bertz CT molecular complexity index is 395. The van der Waals surface area contributed by atoms with E-state index in [0.717, 1.165) is 0 Å². The lowest BCUT2D eigenvalue weighted by Crippen LogP contribution is -2.27. The van der Waals surface area contributed by atoms with E-state index in [0.29, 0.717) is 5.01 Å². The van der Waals surface area contributed by atoms with Gasteiger partial charge in [-0.3, -0.25) is 4.79 Å². The Hall–Kier alpha value is -1.69. The number of carboxylic acid groups (broad SMARTS) is 1. The Morgan fingerprint density at radius 2 is 2.20 bits per heavy atom. The molecule has 0 aliphatic carbocycles. The van der Waals surface area contributed by atoms with Crippen LogP contribution >= 0.6 is 11.3 Å². The van der Waals surface area contributed by atoms with Crippen LogP contribution in [0.25, 0.3) is 6.08 Å². The van der Waals surface area contributed by atoms with E-state index in [1.807, 2.05) is 0 Å². The van der Waals surface area contributed by atoms with Gasteiger partial charge in [-0.2, -0.15) is 0 Å². The Labute approximate surface area is 90.7 Å². The zero-order valence-electron chi connectivity index (χ0n) is 8.30. The van der Waals surface area contributed by atoms with Gasteiger partial charge in [0.2, 0.25) is 0 Å². The Balaban J connectivity index is 3.03. The number of hydrogen-bond acceptors (Lipinski definition) is 4. The van der Waals surface area contributed by atoms with Crippen LogP contribution in [0.1, 0.15) is 5.01 Å². The van der Waals surface area contributed by atoms with Gasteiger partial charge in [0, 0.05) is 25.7 Å². The van der Waals surface area contributed by atoms with Crippen LogP contribution in [0, 0.1) is 0 Å². The second-order valence-corrected chi connectivity index (χ2v) is 3.86. The predicted octanol–water partition coefficient (Wildman–Crippen LogP) is 0.699. The molecule has 1 aromatic rings. The summed E-state index contributed by atoms with van der Waals surface area (Å²) in [6, 6.07) is 0. The van der Waals surface area contributed by atoms with Gasteiger partial charge in [-0.05, 0) is 6.08 Å². The molecule has 0 radical (unpaired) electrons. The van der Waals surface area contributed by atoms with Crippen molar-refractivity contribution in [1.82, 2.24) is 9.88 Å². The number of carbonyl (C=O) groups is 2. The number of thiazole rings is 1. The molecule has 15 heavy (non-hydrogen) atoms. The average Bonchev–Trinajstić information content (AvgIpc) is 2.64. The number of carboxylic acids is 1. The van der Waals surface area contributed by atoms with Crippen molar-refractivity contribution in [2.45, 2.75) is 0 Å². The molecule has 0 fully saturated rings. The highest BCUT2D eigenvalue weighted by Gasteiger charge is 2.19. The van der Waals surface area contributed by atoms with Gasteiger partial charge < -0.3 is 10.0 Å². The number of nitrogens with zero attached hydrogens (tertiary/aromatic N) is 2. The van der Waals surface area contributed by atoms with Gasteiger partial charge in [-0.1, -0.05) is 0 Å². The van der Waals surface area contributed by atoms with Gasteiger partial charge in [0.25, 0.3) is 5.91 Å². The van der Waals surface area contributed by atoms with Crippen LogP contribution in [0.4, 0.5) is 0 Å². The van der Waals surface area contributed by atoms with Crippen LogP contribution in [0.3, 0.4) is 0 Å². The molecule has 1 aromatic heterocycles. The predicted molar refractivity (Wildman–Crippen MR) is 56.4 cm³/mol. The SMILES string of the molecule is CN(C)C(=O)/C(=C\c1nccs1)C(=O)O. The van der Waals surface area contributed by atoms with E-state index in [1.54, 1.807) is 11.6 Å². The monoisotopic (exact) mass is 226 g/mol. The third-order valence-electron chi connectivity index (χ3n) is 1.59. The summed E-state index contributed by atoms with van der Waals surface area (Å²) in [4.78, 5) is 27.4. The molecule has 80 valence electrons. The number of aromatic nitrogens is 1. The van der Waals surface area contributed by atoms with Gasteiger partial charge in [0.1, 0.15) is 10.6 Å². The summed E-state index contributed by atoms with van der Waals surface area (Å²) >= 11 is 1.28. The van der Waals surface area contributed by atoms with E-state index in [4.69, 9.17) is 5.11 Å². The molecule has 0 bridgehead atoms. The molecule has 1 heterocycles. The van der Waals surface area contributed by atoms with Gasteiger partial charge in [-0.25, -0.2) is 9.78 Å². The highest BCUT2D eigenvalue weighted by Crippen LogP contribution is 2.11. The molecule has 1 rings (SSSR count). The number of rotatable bonds is 3. The minimum atomic E-state index is -1.25. The molecule has 0 unspecified atom stereocenters. The minimum Gasteiger partial charge on any atom is -0.477 e. The Morgan fingerprint density at radius 3 is 2.60 bits per heavy atom. The fourth-order valence-corrected chi connectivity index (χ4v) is 1.45. The first-order valence-electron chi connectivity index (χ1n) is 4.08. The summed E-state index contributed by atoms with van der Waals surface area (Å²) in [6.07, 6.45) is 2.82. The topological polar surface area (TPSA) is 70.5 Å². The third-order valence-corrected chi connectivity index (χ3v) is 2.31. The molecule has 1 amide bonds. The maximum absolute atomic E-state index is 11.5. The van der Waals surface area contributed by atoms with Gasteiger partial charge in [-0.15, -0.1) is 11.3 Å². The Kier molecular flexibility index (Phi) is 3.56. The summed E-state index contributed by atoms with van der Waals surface area (Å²) in [5, 5.41) is 11.1. The second kappa shape index (κ2) is 4.70. The summed E-state index contributed by atoms with van der Waals surface area (Å²) in [5.74, 6) is -1.79. The largest absolute Gasteiger partial charge is 0.477 e. The van der Waals surface area contributed by atoms with Gasteiger partial charge >= 0.3 is 5.97 Å². The van der Waals surface area contributed by atoms with E-state index in [2.05, 4.69) is 4.98 Å². The van der Waals surface area contributed by atoms with Crippen molar-refractivity contribution in [1.29, 1.82) is 0 Å². The number of likely N-dealkylation sites (N-methyl/N-ethyl adjacent to an activating group) is 1. The normalized spacial score (nSPS) is 11.2. The standard InChI is InChI=1S/C9H10N2O3S/c1-11(2)8(12)6(9(13)14)5-7-10-3-4-15-7/h3-5H,1-2H3,(H,13,14)/b6-5+. The van der Waals surface area contributed by atoms with Crippen molar-refractivity contribution in [2.24, 2.45) is 0 Å². The van der Waals surface area contributed by atoms with E-state index in [1.165, 1.54) is 36.4 Å². The molecule has 0 aromatic carbocycles. The molecular weight excluding hydrogens is 216 g/mol. The van der Waals surface area contributed by atoms with Crippen LogP contribution in [0.5, 0.6) is 0 Å². The average molecular weight is 226 g/mol. The van der Waals surface area contributed by atoms with Crippen molar-refractivity contribution in [3.8, 4) is 0 Å². The van der Waals surface area contributed by atoms with Crippen LogP contribution in [-0.4, -0.2) is 41.0 Å². The first kappa shape index (κ1) is 11.4. The molecule has 0 aliphatic rings. The van der Waals surface area contributed by atoms with Gasteiger partial charge in [0.15, 0.2) is 0 Å². The lowest BCUT2D eigenvalue weighted by atomic mass is 10.2. The van der Waals surface area contributed by atoms with Gasteiger partial charge in [0.05, 0.1) is 0 Å². The molecule has 1 N–H and O–H groups in total. The number of carbonyl (C=O) groups excluding carboxylic acids is 1. The summed E-state index contributed by atoms with van der Waals surface area (Å²) in [5.41, 5.74) is -0.282. The number of amides is 1. The number of hydrogen-bond donors (Lipinski definition) is 1. The molecule has 0 saturated heterocycles. The lowest BCUT2D eigenvalue weighted by molar-refractivity contribution is -0.136. The van der Waals surface area contributed by atoms with Crippen molar-refractivity contribution in [2.75, 3.05) is 14.1 Å². The fraction of sp³-hybridized carbons (Fsp3) is 0.222. The van der Waals surface area contributed by atoms with E-state index < -0.39 is 11.9 Å². The van der Waals surface area contributed by atoms with Crippen molar-refractivity contribution in [3.63, 3.8) is 0 Å². The first-order chi connectivity index (χ1) is 7.02. The van der Waals surface area contributed by atoms with Crippen LogP contribution in [0.15, 0.2) is 17.2 Å². The molecule has 5 nitrogen and oxygen atoms in total. The van der Waals surface area contributed by atoms with Crippen molar-refractivity contribution < 1.29 is 14.7 Å². The third kappa shape index (κ3) is 2.88. The molecule has 6 heteroatoms. The maximum Gasteiger partial charge on any atom is 0.341 e. The highest BCUT2D eigenvalue weighted by molar-refractivity contribution is 7.10. The van der Waals surface area contributed by atoms with Crippen molar-refractivity contribution >= 4 is 29.3 Å². The van der Waals surface area contributed by atoms with E-state index in [-0.39, 0.29) is 5.57 Å². The van der Waals surface area contributed by atoms with E-state index in [9.17, 15) is 9.59 Å². The molecule has 0 saturated carbocycles. The maximum atomic E-state index is 11.5. The van der Waals surface area contributed by atoms with Crippen LogP contribution in [-0.2, 0) is 9.59 Å². The summed E-state index contributed by atoms with van der Waals surface area (Å²) < 4.78 is 0. The van der Waals surface area contributed by atoms with Crippen LogP contribution < -0.4 is 0 Å². The smallest absolute Gasteiger partial charge is 0.341 e. The molecular formula is C9H10N2O3S. The zero-order valence-corrected chi connectivity index (χ0v) is 9.11. The number of aliphatic carboxylic acids is 1. The highest BCUT2D eigenvalue weighted by atomic mass is 32.1. The summed E-state index contributed by atoms with van der Waals surface area (Å²) in [7, 11) is 3.00. The lowest BCUT2D eigenvalue weighted by Gasteiger charge is -2.09. The van der Waals surface area contributed by atoms with Crippen molar-refractivity contribution in [3.05, 3.63) is 22.2 Å². The molecule has 0 aliphatic heterocycles. The van der Waals surface area contributed by atoms with Crippen LogP contribution in [0.2, 0.25) is 0 Å². The fourth-order valence-electron chi connectivity index (χ4n) is 0.885. The minimum absolute atomic E-state index is 0.282. The second-order valence-electron chi connectivity index (χ2n) is 2.93. The first-order valence-corrected chi connectivity index (χ1v) is 4.96. The van der Waals surface area contributed by atoms with E-state index >= 15 is 0 Å². The Morgan fingerprint density at radius 1 is 1.53 bits per heavy atom. The quantitative estimate of drug-likeness (QED) is 0.468. The molecule has 0 atom stereocenters. The zero-order chi connectivity index (χ0) is 11.4.